The second-order valence-electron chi connectivity index (χ2n) is 1.92. The van der Waals surface area contributed by atoms with Crippen molar-refractivity contribution in [1.29, 1.82) is 0 Å². The van der Waals surface area contributed by atoms with Crippen LogP contribution in [0.1, 0.15) is 20.3 Å². The summed E-state index contributed by atoms with van der Waals surface area (Å²) in [7, 11) is 0. The SMILES string of the molecule is CCCOC(C)CN.Cl. The van der Waals surface area contributed by atoms with Gasteiger partial charge in [-0.1, -0.05) is 6.92 Å². The molecule has 0 aromatic carbocycles. The molecule has 0 radical (unpaired) electrons. The molecule has 0 aliphatic rings. The lowest BCUT2D eigenvalue weighted by atomic mass is 10.4. The minimum Gasteiger partial charge on any atom is -0.377 e. The molecule has 0 saturated carbocycles. The van der Waals surface area contributed by atoms with Crippen LogP contribution in [-0.4, -0.2) is 19.3 Å². The van der Waals surface area contributed by atoms with Gasteiger partial charge in [-0.25, -0.2) is 0 Å². The van der Waals surface area contributed by atoms with E-state index in [0.717, 1.165) is 13.0 Å². The zero-order chi connectivity index (χ0) is 6.41. The highest BCUT2D eigenvalue weighted by Gasteiger charge is 1.94. The smallest absolute Gasteiger partial charge is 0.0669 e. The van der Waals surface area contributed by atoms with E-state index in [1.165, 1.54) is 0 Å². The van der Waals surface area contributed by atoms with Crippen LogP contribution in [0.4, 0.5) is 0 Å². The summed E-state index contributed by atoms with van der Waals surface area (Å²) in [6, 6.07) is 0. The standard InChI is InChI=1S/C6H15NO.ClH/c1-3-4-8-6(2)5-7;/h6H,3-5,7H2,1-2H3;1H. The number of halogens is 1. The topological polar surface area (TPSA) is 35.2 Å². The molecular weight excluding hydrogens is 138 g/mol. The third-order valence-corrected chi connectivity index (χ3v) is 0.938. The Hall–Kier alpha value is 0.210. The summed E-state index contributed by atoms with van der Waals surface area (Å²) in [5, 5.41) is 0. The quantitative estimate of drug-likeness (QED) is 0.659. The van der Waals surface area contributed by atoms with Crippen molar-refractivity contribution < 1.29 is 4.74 Å². The molecule has 0 aliphatic carbocycles. The van der Waals surface area contributed by atoms with Gasteiger partial charge in [0.1, 0.15) is 0 Å². The van der Waals surface area contributed by atoms with E-state index in [-0.39, 0.29) is 18.5 Å². The lowest BCUT2D eigenvalue weighted by molar-refractivity contribution is 0.0724. The molecular formula is C6H16ClNO. The van der Waals surface area contributed by atoms with Gasteiger partial charge < -0.3 is 10.5 Å². The lowest BCUT2D eigenvalue weighted by Crippen LogP contribution is -2.20. The summed E-state index contributed by atoms with van der Waals surface area (Å²) in [5.41, 5.74) is 5.29. The third kappa shape index (κ3) is 8.21. The molecule has 0 aromatic rings. The predicted octanol–water partition coefficient (Wildman–Crippen LogP) is 1.18. The van der Waals surface area contributed by atoms with Crippen molar-refractivity contribution in [2.24, 2.45) is 5.73 Å². The van der Waals surface area contributed by atoms with Gasteiger partial charge >= 0.3 is 0 Å². The van der Waals surface area contributed by atoms with Gasteiger partial charge in [-0.2, -0.15) is 0 Å². The van der Waals surface area contributed by atoms with Crippen LogP contribution in [-0.2, 0) is 4.74 Å². The summed E-state index contributed by atoms with van der Waals surface area (Å²) < 4.78 is 5.22. The van der Waals surface area contributed by atoms with Crippen LogP contribution in [0.15, 0.2) is 0 Å². The van der Waals surface area contributed by atoms with Crippen LogP contribution in [0.2, 0.25) is 0 Å². The van der Waals surface area contributed by atoms with E-state index < -0.39 is 0 Å². The number of ether oxygens (including phenoxy) is 1. The average molecular weight is 154 g/mol. The molecule has 0 amide bonds. The van der Waals surface area contributed by atoms with Gasteiger partial charge in [0.15, 0.2) is 0 Å². The zero-order valence-electron chi connectivity index (χ0n) is 6.09. The Balaban J connectivity index is 0. The maximum atomic E-state index is 5.29. The Kier molecular flexibility index (Phi) is 10.9. The fourth-order valence-electron chi connectivity index (χ4n) is 0.387. The molecule has 0 heterocycles. The van der Waals surface area contributed by atoms with Crippen molar-refractivity contribution in [3.05, 3.63) is 0 Å². The fraction of sp³-hybridized carbons (Fsp3) is 1.00. The molecule has 0 bridgehead atoms. The predicted molar refractivity (Wildman–Crippen MR) is 42.0 cm³/mol. The van der Waals surface area contributed by atoms with E-state index in [2.05, 4.69) is 6.92 Å². The van der Waals surface area contributed by atoms with Crippen LogP contribution < -0.4 is 5.73 Å². The minimum atomic E-state index is 0. The van der Waals surface area contributed by atoms with Crippen LogP contribution in [0.3, 0.4) is 0 Å². The number of nitrogens with two attached hydrogens (primary N) is 1. The van der Waals surface area contributed by atoms with Gasteiger partial charge in [-0.3, -0.25) is 0 Å². The van der Waals surface area contributed by atoms with Gasteiger partial charge in [0, 0.05) is 13.2 Å². The molecule has 0 saturated heterocycles. The largest absolute Gasteiger partial charge is 0.377 e. The van der Waals surface area contributed by atoms with Crippen LogP contribution in [0.5, 0.6) is 0 Å². The monoisotopic (exact) mass is 153 g/mol. The highest BCUT2D eigenvalue weighted by atomic mass is 35.5. The molecule has 3 heteroatoms. The van der Waals surface area contributed by atoms with Crippen molar-refractivity contribution in [3.8, 4) is 0 Å². The molecule has 0 fully saturated rings. The first-order valence-electron chi connectivity index (χ1n) is 3.13. The first-order chi connectivity index (χ1) is 3.81. The molecule has 0 rings (SSSR count). The summed E-state index contributed by atoms with van der Waals surface area (Å²) in [6.07, 6.45) is 1.31. The minimum absolute atomic E-state index is 0. The van der Waals surface area contributed by atoms with E-state index in [4.69, 9.17) is 10.5 Å². The maximum absolute atomic E-state index is 5.29. The van der Waals surface area contributed by atoms with E-state index >= 15 is 0 Å². The Morgan fingerprint density at radius 1 is 1.56 bits per heavy atom. The maximum Gasteiger partial charge on any atom is 0.0669 e. The summed E-state index contributed by atoms with van der Waals surface area (Å²) in [5.74, 6) is 0. The first kappa shape index (κ1) is 11.9. The second kappa shape index (κ2) is 8.21. The number of hydrogen-bond donors (Lipinski definition) is 1. The van der Waals surface area contributed by atoms with E-state index in [1.54, 1.807) is 0 Å². The first-order valence-corrected chi connectivity index (χ1v) is 3.13. The van der Waals surface area contributed by atoms with Crippen molar-refractivity contribution in [2.75, 3.05) is 13.2 Å². The highest BCUT2D eigenvalue weighted by Crippen LogP contribution is 1.87. The second-order valence-corrected chi connectivity index (χ2v) is 1.92. The van der Waals surface area contributed by atoms with Crippen molar-refractivity contribution in [3.63, 3.8) is 0 Å². The summed E-state index contributed by atoms with van der Waals surface area (Å²) in [4.78, 5) is 0. The average Bonchev–Trinajstić information content (AvgIpc) is 1.83. The van der Waals surface area contributed by atoms with Gasteiger partial charge in [0.05, 0.1) is 6.10 Å². The molecule has 58 valence electrons. The Morgan fingerprint density at radius 3 is 2.44 bits per heavy atom. The molecule has 0 spiro atoms. The molecule has 1 atom stereocenters. The third-order valence-electron chi connectivity index (χ3n) is 0.938. The molecule has 9 heavy (non-hydrogen) atoms. The Labute approximate surface area is 63.2 Å². The van der Waals surface area contributed by atoms with Crippen molar-refractivity contribution in [1.82, 2.24) is 0 Å². The zero-order valence-corrected chi connectivity index (χ0v) is 6.91. The normalized spacial score (nSPS) is 12.3. The van der Waals surface area contributed by atoms with E-state index in [1.807, 2.05) is 6.92 Å². The van der Waals surface area contributed by atoms with Crippen LogP contribution in [0, 0.1) is 0 Å². The lowest BCUT2D eigenvalue weighted by Gasteiger charge is -2.07. The number of rotatable bonds is 4. The van der Waals surface area contributed by atoms with Crippen molar-refractivity contribution >= 4 is 12.4 Å². The van der Waals surface area contributed by atoms with Crippen molar-refractivity contribution in [2.45, 2.75) is 26.4 Å². The molecule has 2 N–H and O–H groups in total. The highest BCUT2D eigenvalue weighted by molar-refractivity contribution is 5.85. The molecule has 0 aliphatic heterocycles. The van der Waals surface area contributed by atoms with Gasteiger partial charge in [-0.15, -0.1) is 12.4 Å². The molecule has 2 nitrogen and oxygen atoms in total. The fourth-order valence-corrected chi connectivity index (χ4v) is 0.387. The van der Waals surface area contributed by atoms with Crippen LogP contribution >= 0.6 is 12.4 Å². The van der Waals surface area contributed by atoms with Crippen LogP contribution in [0.25, 0.3) is 0 Å². The molecule has 0 aromatic heterocycles. The Bertz CT molecular complexity index is 52.3. The Morgan fingerprint density at radius 2 is 2.11 bits per heavy atom. The summed E-state index contributed by atoms with van der Waals surface area (Å²) >= 11 is 0. The van der Waals surface area contributed by atoms with Gasteiger partial charge in [-0.05, 0) is 13.3 Å². The number of hydrogen-bond acceptors (Lipinski definition) is 2. The van der Waals surface area contributed by atoms with E-state index in [0.29, 0.717) is 6.54 Å². The van der Waals surface area contributed by atoms with E-state index in [9.17, 15) is 0 Å². The van der Waals surface area contributed by atoms with Gasteiger partial charge in [0.2, 0.25) is 0 Å². The van der Waals surface area contributed by atoms with Gasteiger partial charge in [0.25, 0.3) is 0 Å². The summed E-state index contributed by atoms with van der Waals surface area (Å²) in [6.45, 7) is 5.53. The molecule has 1 unspecified atom stereocenters.